The molecule has 1 fully saturated rings. The summed E-state index contributed by atoms with van der Waals surface area (Å²) in [5.41, 5.74) is 0.929. The minimum atomic E-state index is -4.77. The largest absolute Gasteiger partial charge is 0.471 e. The number of aryl methyl sites for hydroxylation is 1. The van der Waals surface area contributed by atoms with Gasteiger partial charge in [0.05, 0.1) is 10.7 Å². The van der Waals surface area contributed by atoms with Gasteiger partial charge in [-0.2, -0.15) is 13.2 Å². The normalized spacial score (nSPS) is 17.8. The summed E-state index contributed by atoms with van der Waals surface area (Å²) in [7, 11) is 0. The maximum Gasteiger partial charge on any atom is 0.471 e. The summed E-state index contributed by atoms with van der Waals surface area (Å²) in [6.07, 6.45) is -4.77. The SMILES string of the molecule is Cc1nc(CN2CCN(C(=O)C(F)(F)F)CC2)cs1. The van der Waals surface area contributed by atoms with E-state index in [9.17, 15) is 18.0 Å². The van der Waals surface area contributed by atoms with Crippen molar-refractivity contribution in [2.24, 2.45) is 0 Å². The van der Waals surface area contributed by atoms with Crippen molar-refractivity contribution in [2.45, 2.75) is 19.6 Å². The summed E-state index contributed by atoms with van der Waals surface area (Å²) in [4.78, 5) is 18.2. The molecule has 2 heterocycles. The number of halogens is 3. The number of thiazole rings is 1. The van der Waals surface area contributed by atoms with Crippen LogP contribution in [0.3, 0.4) is 0 Å². The Hall–Kier alpha value is -1.15. The monoisotopic (exact) mass is 293 g/mol. The molecule has 8 heteroatoms. The maximum atomic E-state index is 12.3. The number of hydrogen-bond donors (Lipinski definition) is 0. The second kappa shape index (κ2) is 5.46. The average molecular weight is 293 g/mol. The van der Waals surface area contributed by atoms with E-state index in [1.54, 1.807) is 11.3 Å². The zero-order chi connectivity index (χ0) is 14.0. The first kappa shape index (κ1) is 14.3. The molecule has 0 spiro atoms. The molecule has 19 heavy (non-hydrogen) atoms. The van der Waals surface area contributed by atoms with Crippen molar-refractivity contribution in [3.63, 3.8) is 0 Å². The summed E-state index contributed by atoms with van der Waals surface area (Å²) >= 11 is 1.55. The molecule has 1 aliphatic rings. The lowest BCUT2D eigenvalue weighted by molar-refractivity contribution is -0.187. The lowest BCUT2D eigenvalue weighted by Crippen LogP contribution is -2.52. The van der Waals surface area contributed by atoms with Crippen molar-refractivity contribution in [3.8, 4) is 0 Å². The van der Waals surface area contributed by atoms with E-state index in [4.69, 9.17) is 0 Å². The number of carbonyl (C=O) groups is 1. The molecule has 1 aromatic rings. The lowest BCUT2D eigenvalue weighted by Gasteiger charge is -2.34. The van der Waals surface area contributed by atoms with Gasteiger partial charge >= 0.3 is 12.1 Å². The van der Waals surface area contributed by atoms with Gasteiger partial charge in [-0.25, -0.2) is 4.98 Å². The van der Waals surface area contributed by atoms with E-state index in [0.29, 0.717) is 19.6 Å². The van der Waals surface area contributed by atoms with Gasteiger partial charge in [0, 0.05) is 38.1 Å². The van der Waals surface area contributed by atoms with Gasteiger partial charge in [0.25, 0.3) is 0 Å². The van der Waals surface area contributed by atoms with Crippen LogP contribution in [0.15, 0.2) is 5.38 Å². The number of rotatable bonds is 2. The van der Waals surface area contributed by atoms with Crippen LogP contribution < -0.4 is 0 Å². The van der Waals surface area contributed by atoms with Crippen molar-refractivity contribution < 1.29 is 18.0 Å². The molecule has 2 rings (SSSR count). The number of nitrogens with zero attached hydrogens (tertiary/aromatic N) is 3. The highest BCUT2D eigenvalue weighted by Crippen LogP contribution is 2.20. The number of amides is 1. The zero-order valence-electron chi connectivity index (χ0n) is 10.4. The fraction of sp³-hybridized carbons (Fsp3) is 0.636. The molecule has 0 N–H and O–H groups in total. The van der Waals surface area contributed by atoms with Crippen LogP contribution in [-0.2, 0) is 11.3 Å². The molecule has 4 nitrogen and oxygen atoms in total. The average Bonchev–Trinajstić information content (AvgIpc) is 2.74. The molecule has 0 radical (unpaired) electrons. The molecule has 1 saturated heterocycles. The number of aromatic nitrogens is 1. The third kappa shape index (κ3) is 3.66. The minimum Gasteiger partial charge on any atom is -0.332 e. The Morgan fingerprint density at radius 3 is 2.47 bits per heavy atom. The molecule has 1 aromatic heterocycles. The van der Waals surface area contributed by atoms with Crippen LogP contribution in [0.25, 0.3) is 0 Å². The highest BCUT2D eigenvalue weighted by Gasteiger charge is 2.43. The molecule has 1 amide bonds. The van der Waals surface area contributed by atoms with Gasteiger partial charge in [-0.05, 0) is 6.92 Å². The fourth-order valence-corrected chi connectivity index (χ4v) is 2.60. The predicted molar refractivity (Wildman–Crippen MR) is 64.8 cm³/mol. The predicted octanol–water partition coefficient (Wildman–Crippen LogP) is 1.66. The van der Waals surface area contributed by atoms with Gasteiger partial charge in [-0.3, -0.25) is 9.69 Å². The van der Waals surface area contributed by atoms with Crippen molar-refractivity contribution in [3.05, 3.63) is 16.1 Å². The first-order valence-electron chi connectivity index (χ1n) is 5.86. The van der Waals surface area contributed by atoms with E-state index in [2.05, 4.69) is 4.98 Å². The fourth-order valence-electron chi connectivity index (χ4n) is 2.00. The van der Waals surface area contributed by atoms with Gasteiger partial charge in [-0.1, -0.05) is 0 Å². The van der Waals surface area contributed by atoms with E-state index in [-0.39, 0.29) is 13.1 Å². The molecule has 0 aliphatic carbocycles. The molecule has 0 aromatic carbocycles. The second-order valence-corrected chi connectivity index (χ2v) is 5.49. The van der Waals surface area contributed by atoms with E-state index >= 15 is 0 Å². The Morgan fingerprint density at radius 2 is 2.00 bits per heavy atom. The molecule has 106 valence electrons. The maximum absolute atomic E-state index is 12.3. The minimum absolute atomic E-state index is 0.113. The molecular weight excluding hydrogens is 279 g/mol. The summed E-state index contributed by atoms with van der Waals surface area (Å²) < 4.78 is 36.8. The van der Waals surface area contributed by atoms with Gasteiger partial charge in [0.15, 0.2) is 0 Å². The third-order valence-electron chi connectivity index (χ3n) is 2.95. The van der Waals surface area contributed by atoms with Crippen LogP contribution in [0, 0.1) is 6.92 Å². The number of alkyl halides is 3. The summed E-state index contributed by atoms with van der Waals surface area (Å²) in [6.45, 7) is 3.65. The molecular formula is C11H14F3N3OS. The highest BCUT2D eigenvalue weighted by molar-refractivity contribution is 7.09. The second-order valence-electron chi connectivity index (χ2n) is 4.42. The molecule has 0 atom stereocenters. The van der Waals surface area contributed by atoms with Gasteiger partial charge < -0.3 is 4.90 Å². The van der Waals surface area contributed by atoms with Crippen LogP contribution in [0.1, 0.15) is 10.7 Å². The molecule has 0 bridgehead atoms. The third-order valence-corrected chi connectivity index (χ3v) is 3.78. The van der Waals surface area contributed by atoms with Crippen LogP contribution in [-0.4, -0.2) is 53.0 Å². The summed E-state index contributed by atoms with van der Waals surface area (Å²) in [5, 5.41) is 2.92. The number of carbonyl (C=O) groups excluding carboxylic acids is 1. The zero-order valence-corrected chi connectivity index (χ0v) is 11.2. The molecule has 0 unspecified atom stereocenters. The summed E-state index contributed by atoms with van der Waals surface area (Å²) in [5.74, 6) is -1.74. The standard InChI is InChI=1S/C11H14F3N3OS/c1-8-15-9(7-19-8)6-16-2-4-17(5-3-16)10(18)11(12,13)14/h7H,2-6H2,1H3. The van der Waals surface area contributed by atoms with E-state index in [0.717, 1.165) is 15.6 Å². The highest BCUT2D eigenvalue weighted by atomic mass is 32.1. The lowest BCUT2D eigenvalue weighted by atomic mass is 10.3. The Bertz CT molecular complexity index is 452. The van der Waals surface area contributed by atoms with E-state index < -0.39 is 12.1 Å². The van der Waals surface area contributed by atoms with Crippen molar-refractivity contribution >= 4 is 17.2 Å². The Kier molecular flexibility index (Phi) is 4.10. The topological polar surface area (TPSA) is 36.4 Å². The number of hydrogen-bond acceptors (Lipinski definition) is 4. The van der Waals surface area contributed by atoms with Gasteiger partial charge in [-0.15, -0.1) is 11.3 Å². The van der Waals surface area contributed by atoms with Crippen molar-refractivity contribution in [1.82, 2.24) is 14.8 Å². The Balaban J connectivity index is 1.84. The van der Waals surface area contributed by atoms with Crippen LogP contribution in [0.2, 0.25) is 0 Å². The van der Waals surface area contributed by atoms with Gasteiger partial charge in [0.1, 0.15) is 0 Å². The number of piperazine rings is 1. The van der Waals surface area contributed by atoms with Crippen molar-refractivity contribution in [2.75, 3.05) is 26.2 Å². The van der Waals surface area contributed by atoms with Crippen LogP contribution in [0.4, 0.5) is 13.2 Å². The van der Waals surface area contributed by atoms with E-state index in [1.165, 1.54) is 0 Å². The Morgan fingerprint density at radius 1 is 1.37 bits per heavy atom. The van der Waals surface area contributed by atoms with Crippen molar-refractivity contribution in [1.29, 1.82) is 0 Å². The first-order valence-corrected chi connectivity index (χ1v) is 6.73. The van der Waals surface area contributed by atoms with Crippen LogP contribution >= 0.6 is 11.3 Å². The summed E-state index contributed by atoms with van der Waals surface area (Å²) in [6, 6.07) is 0. The molecule has 1 aliphatic heterocycles. The van der Waals surface area contributed by atoms with Crippen LogP contribution in [0.5, 0.6) is 0 Å². The molecule has 0 saturated carbocycles. The Labute approximate surface area is 112 Å². The quantitative estimate of drug-likeness (QED) is 0.832. The first-order chi connectivity index (χ1) is 8.86. The van der Waals surface area contributed by atoms with Gasteiger partial charge in [0.2, 0.25) is 0 Å². The van der Waals surface area contributed by atoms with E-state index in [1.807, 2.05) is 17.2 Å². The smallest absolute Gasteiger partial charge is 0.332 e.